The van der Waals surface area contributed by atoms with E-state index in [1.54, 1.807) is 0 Å². The van der Waals surface area contributed by atoms with Gasteiger partial charge in [-0.25, -0.2) is 0 Å². The molecule has 0 aromatic heterocycles. The van der Waals surface area contributed by atoms with Crippen molar-refractivity contribution in [2.24, 2.45) is 0 Å². The van der Waals surface area contributed by atoms with Crippen LogP contribution in [-0.4, -0.2) is 36.6 Å². The molecule has 0 unspecified atom stereocenters. The molecule has 0 aromatic rings. The van der Waals surface area contributed by atoms with Crippen LogP contribution in [0.2, 0.25) is 0 Å². The summed E-state index contributed by atoms with van der Waals surface area (Å²) >= 11 is 0. The molecule has 0 aromatic carbocycles. The minimum Gasteiger partial charge on any atom is -0.663 e. The van der Waals surface area contributed by atoms with E-state index in [4.69, 9.17) is 0 Å². The summed E-state index contributed by atoms with van der Waals surface area (Å²) in [6.45, 7) is 19.6. The molecule has 0 aliphatic rings. The van der Waals surface area contributed by atoms with Gasteiger partial charge in [-0.2, -0.15) is 13.1 Å². The van der Waals surface area contributed by atoms with Crippen molar-refractivity contribution in [3.8, 4) is 0 Å². The molecular weight excluding hydrogens is 356 g/mol. The average Bonchev–Trinajstić information content (AvgIpc) is 2.06. The van der Waals surface area contributed by atoms with Crippen molar-refractivity contribution in [1.82, 2.24) is 4.90 Å². The predicted molar refractivity (Wildman–Crippen MR) is 66.8 cm³/mol. The maximum atomic E-state index is 3.97. The zero-order valence-electron chi connectivity index (χ0n) is 11.3. The van der Waals surface area contributed by atoms with Crippen molar-refractivity contribution in [2.45, 2.75) is 53.6 Å². The van der Waals surface area contributed by atoms with Crippen molar-refractivity contribution in [3.05, 3.63) is 12.2 Å². The van der Waals surface area contributed by atoms with E-state index in [2.05, 4.69) is 44.8 Å². The quantitative estimate of drug-likeness (QED) is 0.665. The van der Waals surface area contributed by atoms with E-state index in [9.17, 15) is 0 Å². The normalized spacial score (nSPS) is 10.0. The summed E-state index contributed by atoms with van der Waals surface area (Å²) in [6.07, 6.45) is 0. The molecule has 0 heterocycles. The van der Waals surface area contributed by atoms with Crippen LogP contribution in [0.3, 0.4) is 0 Å². The summed E-state index contributed by atoms with van der Waals surface area (Å²) < 4.78 is 0. The van der Waals surface area contributed by atoms with Crippen LogP contribution in [0, 0.1) is 6.92 Å². The zero-order chi connectivity index (χ0) is 11.6. The van der Waals surface area contributed by atoms with Gasteiger partial charge in [0.25, 0.3) is 0 Å². The van der Waals surface area contributed by atoms with Gasteiger partial charge in [0.2, 0.25) is 0 Å². The van der Waals surface area contributed by atoms with Gasteiger partial charge in [0.1, 0.15) is 0 Å². The molecule has 0 rings (SSSR count). The number of rotatable bonds is 5. The third-order valence-electron chi connectivity index (χ3n) is 2.03. The van der Waals surface area contributed by atoms with Gasteiger partial charge in [-0.05, 0) is 27.7 Å². The third kappa shape index (κ3) is 14.6. The Bertz CT molecular complexity index is 95.8. The fourth-order valence-corrected chi connectivity index (χ4v) is 1.34. The van der Waals surface area contributed by atoms with Crippen molar-refractivity contribution >= 4 is 0 Å². The largest absolute Gasteiger partial charge is 2.00 e. The van der Waals surface area contributed by atoms with Gasteiger partial charge in [-0.3, -0.25) is 0 Å². The molecule has 0 amide bonds. The van der Waals surface area contributed by atoms with E-state index in [1.165, 1.54) is 0 Å². The molecule has 92 valence electrons. The summed E-state index contributed by atoms with van der Waals surface area (Å²) in [4.78, 5) is 2.35. The molecule has 0 saturated heterocycles. The summed E-state index contributed by atoms with van der Waals surface area (Å²) in [6, 6.07) is 1.25. The van der Waals surface area contributed by atoms with Gasteiger partial charge in [-0.1, -0.05) is 13.8 Å². The molecule has 15 heavy (non-hydrogen) atoms. The topological polar surface area (TPSA) is 17.3 Å². The Morgan fingerprint density at radius 1 is 1.00 bits per heavy atom. The van der Waals surface area contributed by atoms with Crippen LogP contribution in [0.5, 0.6) is 0 Å². The zero-order valence-corrected chi connectivity index (χ0v) is 14.2. The second kappa shape index (κ2) is 14.6. The van der Waals surface area contributed by atoms with Crippen LogP contribution in [0.25, 0.3) is 5.32 Å². The molecule has 0 atom stereocenters. The predicted octanol–water partition coefficient (Wildman–Crippen LogP) is 3.34. The van der Waals surface area contributed by atoms with E-state index in [1.807, 2.05) is 13.8 Å². The van der Waals surface area contributed by atoms with E-state index in [0.717, 1.165) is 19.6 Å². The molecule has 0 radical (unpaired) electrons. The van der Waals surface area contributed by atoms with Gasteiger partial charge in [0, 0.05) is 12.1 Å². The first-order valence-electron chi connectivity index (χ1n) is 5.69. The van der Waals surface area contributed by atoms with Crippen molar-refractivity contribution in [3.63, 3.8) is 0 Å². The molecule has 0 fully saturated rings. The Labute approximate surface area is 111 Å². The summed E-state index contributed by atoms with van der Waals surface area (Å²) in [5.41, 5.74) is 0. The first kappa shape index (κ1) is 21.0. The van der Waals surface area contributed by atoms with Crippen molar-refractivity contribution < 1.29 is 21.1 Å². The van der Waals surface area contributed by atoms with Crippen LogP contribution < -0.4 is 0 Å². The molecule has 0 saturated carbocycles. The molecule has 0 N–H and O–H groups in total. The number of hydrogen-bond donors (Lipinski definition) is 0. The summed E-state index contributed by atoms with van der Waals surface area (Å²) in [5, 5.41) is 3.97. The SMILES string of the molecule is CC[N-]CC.[CH2-]CN(C(C)C)C(C)C.[W+2]. The Kier molecular flexibility index (Phi) is 20.4. The molecule has 0 aliphatic heterocycles. The minimum atomic E-state index is 0. The fourth-order valence-electron chi connectivity index (χ4n) is 1.34. The number of nitrogens with zero attached hydrogens (tertiary/aromatic N) is 2. The molecule has 0 aliphatic carbocycles. The monoisotopic (exact) mass is 384 g/mol. The second-order valence-electron chi connectivity index (χ2n) is 3.78. The van der Waals surface area contributed by atoms with E-state index in [-0.39, 0.29) is 21.1 Å². The van der Waals surface area contributed by atoms with E-state index in [0.29, 0.717) is 12.1 Å². The van der Waals surface area contributed by atoms with Gasteiger partial charge >= 0.3 is 21.1 Å². The van der Waals surface area contributed by atoms with E-state index >= 15 is 0 Å². The van der Waals surface area contributed by atoms with Crippen LogP contribution in [0.4, 0.5) is 0 Å². The Morgan fingerprint density at radius 2 is 1.33 bits per heavy atom. The molecule has 3 heteroatoms. The van der Waals surface area contributed by atoms with Gasteiger partial charge in [0.15, 0.2) is 0 Å². The van der Waals surface area contributed by atoms with Crippen molar-refractivity contribution in [2.75, 3.05) is 19.6 Å². The maximum Gasteiger partial charge on any atom is 2.00 e. The van der Waals surface area contributed by atoms with Crippen LogP contribution in [0.15, 0.2) is 0 Å². The standard InChI is InChI=1S/C8H18N.C4H10N.W/c1-6-9(7(2)3)8(4)5;1-3-5-4-2;/h7-8H,1,6H2,2-5H3;3-4H2,1-2H3;/q2*-1;+2. The molecular formula is C12H28N2W. The smallest absolute Gasteiger partial charge is 0.663 e. The van der Waals surface area contributed by atoms with Crippen molar-refractivity contribution in [1.29, 1.82) is 0 Å². The Balaban J connectivity index is -0.000000208. The maximum absolute atomic E-state index is 3.97. The first-order valence-corrected chi connectivity index (χ1v) is 5.69. The molecule has 0 bridgehead atoms. The average molecular weight is 384 g/mol. The Morgan fingerprint density at radius 3 is 1.33 bits per heavy atom. The first-order chi connectivity index (χ1) is 6.51. The summed E-state index contributed by atoms with van der Waals surface area (Å²) in [7, 11) is 0. The fraction of sp³-hybridized carbons (Fsp3) is 0.917. The van der Waals surface area contributed by atoms with Crippen LogP contribution >= 0.6 is 0 Å². The molecule has 2 nitrogen and oxygen atoms in total. The van der Waals surface area contributed by atoms with Crippen LogP contribution in [-0.2, 0) is 21.1 Å². The van der Waals surface area contributed by atoms with Gasteiger partial charge < -0.3 is 17.1 Å². The minimum absolute atomic E-state index is 0. The third-order valence-corrected chi connectivity index (χ3v) is 2.03. The molecule has 0 spiro atoms. The number of hydrogen-bond acceptors (Lipinski definition) is 1. The second-order valence-corrected chi connectivity index (χ2v) is 3.78. The van der Waals surface area contributed by atoms with Crippen LogP contribution in [0.1, 0.15) is 41.5 Å². The van der Waals surface area contributed by atoms with Gasteiger partial charge in [0.05, 0.1) is 0 Å². The summed E-state index contributed by atoms with van der Waals surface area (Å²) in [5.74, 6) is 0. The Hall–Kier alpha value is 0.608. The van der Waals surface area contributed by atoms with Gasteiger partial charge in [-0.15, -0.1) is 6.54 Å². The van der Waals surface area contributed by atoms with E-state index < -0.39 is 0 Å².